The number of methoxy groups -OCH3 is 1. The van der Waals surface area contributed by atoms with Crippen molar-refractivity contribution in [3.63, 3.8) is 0 Å². The molecule has 2 unspecified atom stereocenters. The number of carbonyl (C=O) groups is 1. The van der Waals surface area contributed by atoms with Crippen LogP contribution < -0.4 is 14.4 Å². The van der Waals surface area contributed by atoms with Gasteiger partial charge in [0.2, 0.25) is 11.8 Å². The van der Waals surface area contributed by atoms with Crippen molar-refractivity contribution in [2.45, 2.75) is 18.9 Å². The minimum absolute atomic E-state index is 0.0414. The van der Waals surface area contributed by atoms with E-state index >= 15 is 0 Å². The highest BCUT2D eigenvalue weighted by Gasteiger charge is 2.41. The Hall–Kier alpha value is -2.83. The Morgan fingerprint density at radius 1 is 1.19 bits per heavy atom. The van der Waals surface area contributed by atoms with Gasteiger partial charge in [0.15, 0.2) is 6.61 Å². The zero-order chi connectivity index (χ0) is 18.6. The summed E-state index contributed by atoms with van der Waals surface area (Å²) in [5.74, 6) is 2.51. The van der Waals surface area contributed by atoms with E-state index in [0.717, 1.165) is 38.2 Å². The van der Waals surface area contributed by atoms with Crippen molar-refractivity contribution in [3.05, 3.63) is 42.6 Å². The highest BCUT2D eigenvalue weighted by Crippen LogP contribution is 2.33. The number of hydrogen-bond acceptors (Lipinski definition) is 6. The molecule has 2 saturated heterocycles. The van der Waals surface area contributed by atoms with Gasteiger partial charge in [-0.3, -0.25) is 4.79 Å². The third-order valence-corrected chi connectivity index (χ3v) is 5.40. The van der Waals surface area contributed by atoms with E-state index in [1.165, 1.54) is 0 Å². The third-order valence-electron chi connectivity index (χ3n) is 5.40. The van der Waals surface area contributed by atoms with Crippen LogP contribution >= 0.6 is 0 Å². The molecule has 0 saturated carbocycles. The summed E-state index contributed by atoms with van der Waals surface area (Å²) in [6, 6.07) is 11.4. The minimum Gasteiger partial charge on any atom is -0.484 e. The quantitative estimate of drug-likeness (QED) is 0.804. The molecule has 142 valence electrons. The molecule has 2 fully saturated rings. The second-order valence-corrected chi connectivity index (χ2v) is 6.94. The summed E-state index contributed by atoms with van der Waals surface area (Å²) in [5, 5.41) is 0. The van der Waals surface area contributed by atoms with E-state index in [1.807, 2.05) is 35.2 Å². The van der Waals surface area contributed by atoms with Gasteiger partial charge in [-0.15, -0.1) is 0 Å². The van der Waals surface area contributed by atoms with Crippen LogP contribution in [0.25, 0.3) is 0 Å². The normalized spacial score (nSPS) is 21.7. The second-order valence-electron chi connectivity index (χ2n) is 6.94. The molecule has 0 N–H and O–H groups in total. The van der Waals surface area contributed by atoms with Gasteiger partial charge in [-0.05, 0) is 30.9 Å². The van der Waals surface area contributed by atoms with Gasteiger partial charge in [0.1, 0.15) is 5.75 Å². The first-order valence-electron chi connectivity index (χ1n) is 9.34. The lowest BCUT2D eigenvalue weighted by molar-refractivity contribution is -0.134. The molecule has 7 heteroatoms. The van der Waals surface area contributed by atoms with Crippen LogP contribution in [0.3, 0.4) is 0 Å². The minimum atomic E-state index is 0.0414. The number of likely N-dealkylation sites (tertiary alicyclic amines) is 1. The lowest BCUT2D eigenvalue weighted by Crippen LogP contribution is -2.51. The maximum atomic E-state index is 12.7. The summed E-state index contributed by atoms with van der Waals surface area (Å²) in [4.78, 5) is 25.7. The predicted molar refractivity (Wildman–Crippen MR) is 101 cm³/mol. The number of piperidine rings is 1. The van der Waals surface area contributed by atoms with E-state index in [1.54, 1.807) is 19.4 Å². The van der Waals surface area contributed by atoms with Crippen LogP contribution in [0.4, 0.5) is 5.95 Å². The summed E-state index contributed by atoms with van der Waals surface area (Å²) in [6.45, 7) is 2.51. The van der Waals surface area contributed by atoms with Crippen LogP contribution in [0, 0.1) is 5.92 Å². The molecule has 1 amide bonds. The van der Waals surface area contributed by atoms with Gasteiger partial charge in [0.05, 0.1) is 13.2 Å². The third kappa shape index (κ3) is 3.82. The molecule has 2 atom stereocenters. The average molecular weight is 368 g/mol. The molecule has 0 aliphatic carbocycles. The fourth-order valence-corrected chi connectivity index (χ4v) is 3.98. The second kappa shape index (κ2) is 7.82. The fraction of sp³-hybridized carbons (Fsp3) is 0.450. The Balaban J connectivity index is 1.41. The molecule has 0 bridgehead atoms. The van der Waals surface area contributed by atoms with Gasteiger partial charge >= 0.3 is 0 Å². The topological polar surface area (TPSA) is 67.8 Å². The molecular weight excluding hydrogens is 344 g/mol. The Morgan fingerprint density at radius 2 is 2.00 bits per heavy atom. The highest BCUT2D eigenvalue weighted by molar-refractivity contribution is 5.78. The zero-order valence-corrected chi connectivity index (χ0v) is 15.5. The van der Waals surface area contributed by atoms with Crippen molar-refractivity contribution >= 4 is 11.9 Å². The number of amides is 1. The number of anilines is 1. The Bertz CT molecular complexity index is 786. The number of carbonyl (C=O) groups excluding carboxylic acids is 1. The van der Waals surface area contributed by atoms with Crippen LogP contribution in [0.1, 0.15) is 12.8 Å². The maximum Gasteiger partial charge on any atom is 0.260 e. The van der Waals surface area contributed by atoms with Crippen LogP contribution in [-0.2, 0) is 4.79 Å². The molecule has 7 nitrogen and oxygen atoms in total. The van der Waals surface area contributed by atoms with Crippen molar-refractivity contribution in [3.8, 4) is 11.6 Å². The van der Waals surface area contributed by atoms with E-state index in [-0.39, 0.29) is 18.6 Å². The zero-order valence-electron chi connectivity index (χ0n) is 15.5. The van der Waals surface area contributed by atoms with Gasteiger partial charge in [-0.1, -0.05) is 18.2 Å². The van der Waals surface area contributed by atoms with Gasteiger partial charge in [-0.2, -0.15) is 4.98 Å². The number of para-hydroxylation sites is 1. The number of aromatic nitrogens is 2. The molecule has 27 heavy (non-hydrogen) atoms. The van der Waals surface area contributed by atoms with Gasteiger partial charge < -0.3 is 19.3 Å². The molecule has 2 aromatic rings. The number of nitrogens with zero attached hydrogens (tertiary/aromatic N) is 4. The van der Waals surface area contributed by atoms with Crippen LogP contribution in [0.5, 0.6) is 11.6 Å². The summed E-state index contributed by atoms with van der Waals surface area (Å²) in [6.07, 6.45) is 3.79. The number of ether oxygens (including phenoxy) is 2. The molecular formula is C20H24N4O3. The van der Waals surface area contributed by atoms with E-state index in [9.17, 15) is 4.79 Å². The monoisotopic (exact) mass is 368 g/mol. The van der Waals surface area contributed by atoms with Crippen LogP contribution in [0.2, 0.25) is 0 Å². The van der Waals surface area contributed by atoms with Gasteiger partial charge in [0, 0.05) is 31.9 Å². The fourth-order valence-electron chi connectivity index (χ4n) is 3.98. The van der Waals surface area contributed by atoms with Crippen LogP contribution in [0.15, 0.2) is 42.6 Å². The summed E-state index contributed by atoms with van der Waals surface area (Å²) in [5.41, 5.74) is 0. The number of fused-ring (bicyclic) bond motifs is 1. The predicted octanol–water partition coefficient (Wildman–Crippen LogP) is 1.99. The SMILES string of the molecule is COc1ccnc(N2CCC3CCN(C(=O)COc4ccccc4)C3C2)n1. The smallest absolute Gasteiger partial charge is 0.260 e. The number of rotatable bonds is 5. The summed E-state index contributed by atoms with van der Waals surface area (Å²) < 4.78 is 10.9. The molecule has 2 aliphatic rings. The molecule has 0 radical (unpaired) electrons. The van der Waals surface area contributed by atoms with Gasteiger partial charge in [-0.25, -0.2) is 4.98 Å². The van der Waals surface area contributed by atoms with E-state index < -0.39 is 0 Å². The summed E-state index contributed by atoms with van der Waals surface area (Å²) >= 11 is 0. The van der Waals surface area contributed by atoms with Crippen LogP contribution in [-0.4, -0.2) is 60.2 Å². The molecule has 0 spiro atoms. The molecule has 4 rings (SSSR count). The Morgan fingerprint density at radius 3 is 2.81 bits per heavy atom. The average Bonchev–Trinajstić information content (AvgIpc) is 3.16. The first-order chi connectivity index (χ1) is 13.2. The molecule has 1 aromatic heterocycles. The molecule has 2 aliphatic heterocycles. The van der Waals surface area contributed by atoms with Gasteiger partial charge in [0.25, 0.3) is 5.91 Å². The first kappa shape index (κ1) is 17.6. The van der Waals surface area contributed by atoms with Crippen molar-refractivity contribution in [1.29, 1.82) is 0 Å². The molecule has 1 aromatic carbocycles. The van der Waals surface area contributed by atoms with Crippen molar-refractivity contribution < 1.29 is 14.3 Å². The van der Waals surface area contributed by atoms with E-state index in [2.05, 4.69) is 14.9 Å². The largest absolute Gasteiger partial charge is 0.484 e. The van der Waals surface area contributed by atoms with Crippen molar-refractivity contribution in [2.24, 2.45) is 5.92 Å². The lowest BCUT2D eigenvalue weighted by Gasteiger charge is -2.38. The maximum absolute atomic E-state index is 12.7. The first-order valence-corrected chi connectivity index (χ1v) is 9.34. The van der Waals surface area contributed by atoms with Crippen molar-refractivity contribution in [2.75, 3.05) is 38.3 Å². The summed E-state index contributed by atoms with van der Waals surface area (Å²) in [7, 11) is 1.60. The molecule has 3 heterocycles. The van der Waals surface area contributed by atoms with Crippen molar-refractivity contribution in [1.82, 2.24) is 14.9 Å². The standard InChI is InChI=1S/C20H24N4O3/c1-26-18-7-10-21-20(22-18)23-11-8-15-9-12-24(17(15)13-23)19(25)14-27-16-5-3-2-4-6-16/h2-7,10,15,17H,8-9,11-14H2,1H3. The Kier molecular flexibility index (Phi) is 5.09. The highest BCUT2D eigenvalue weighted by atomic mass is 16.5. The van der Waals surface area contributed by atoms with E-state index in [4.69, 9.17) is 9.47 Å². The van der Waals surface area contributed by atoms with E-state index in [0.29, 0.717) is 17.7 Å². The lowest BCUT2D eigenvalue weighted by atomic mass is 9.92. The number of hydrogen-bond donors (Lipinski definition) is 0. The Labute approximate surface area is 158 Å². The number of benzene rings is 1.